The van der Waals surface area contributed by atoms with Gasteiger partial charge in [-0.1, -0.05) is 18.7 Å². The fraction of sp³-hybridized carbons (Fsp3) is 0.476. The Morgan fingerprint density at radius 3 is 2.50 bits per heavy atom. The lowest BCUT2D eigenvalue weighted by Gasteiger charge is -2.13. The van der Waals surface area contributed by atoms with Crippen LogP contribution in [0, 0.1) is 0 Å². The molecule has 1 aromatic carbocycles. The van der Waals surface area contributed by atoms with E-state index in [0.29, 0.717) is 35.3 Å². The standard InChI is InChI=1S/C21H27N5O3S/c1-3-4-18(28)23-16-9-7-14(8-10-16)19(29)13(2)30-21-25-24-20(15-5-6-15)26(21)12-11-17(22)27/h7-10,13,15H,3-6,11-12H2,1-2H3,(H2,22,27)(H,23,28). The average molecular weight is 430 g/mol. The van der Waals surface area contributed by atoms with Gasteiger partial charge in [0.2, 0.25) is 11.8 Å². The molecule has 9 heteroatoms. The molecule has 30 heavy (non-hydrogen) atoms. The number of nitrogens with one attached hydrogen (secondary N) is 1. The fourth-order valence-corrected chi connectivity index (χ4v) is 4.04. The topological polar surface area (TPSA) is 120 Å². The highest BCUT2D eigenvalue weighted by molar-refractivity contribution is 8.00. The Labute approximate surface area is 180 Å². The van der Waals surface area contributed by atoms with Crippen molar-refractivity contribution >= 4 is 35.0 Å². The van der Waals surface area contributed by atoms with Crippen molar-refractivity contribution < 1.29 is 14.4 Å². The number of carbonyl (C=O) groups is 3. The van der Waals surface area contributed by atoms with Crippen molar-refractivity contribution in [2.24, 2.45) is 5.73 Å². The van der Waals surface area contributed by atoms with Crippen LogP contribution in [0.3, 0.4) is 0 Å². The van der Waals surface area contributed by atoms with Crippen LogP contribution in [0.4, 0.5) is 5.69 Å². The monoisotopic (exact) mass is 429 g/mol. The van der Waals surface area contributed by atoms with Gasteiger partial charge in [-0.05, 0) is 50.5 Å². The Hall–Kier alpha value is -2.68. The molecular formula is C21H27N5O3S. The van der Waals surface area contributed by atoms with Crippen molar-refractivity contribution in [1.29, 1.82) is 0 Å². The number of thioether (sulfide) groups is 1. The first-order valence-corrected chi connectivity index (χ1v) is 11.1. The van der Waals surface area contributed by atoms with E-state index in [-0.39, 0.29) is 29.3 Å². The molecule has 3 N–H and O–H groups in total. The zero-order chi connectivity index (χ0) is 21.7. The summed E-state index contributed by atoms with van der Waals surface area (Å²) in [5.41, 5.74) is 6.54. The molecule has 1 heterocycles. The summed E-state index contributed by atoms with van der Waals surface area (Å²) in [6.07, 6.45) is 3.58. The molecule has 1 saturated carbocycles. The quantitative estimate of drug-likeness (QED) is 0.418. The molecule has 1 aliphatic carbocycles. The molecule has 8 nitrogen and oxygen atoms in total. The number of Topliss-reactive ketones (excluding diaryl/α,β-unsaturated/α-hetero) is 1. The Morgan fingerprint density at radius 2 is 1.90 bits per heavy atom. The molecule has 0 aliphatic heterocycles. The van der Waals surface area contributed by atoms with Crippen LogP contribution in [0.25, 0.3) is 0 Å². The third kappa shape index (κ3) is 5.69. The summed E-state index contributed by atoms with van der Waals surface area (Å²) in [5.74, 6) is 0.787. The van der Waals surface area contributed by atoms with Gasteiger partial charge in [-0.2, -0.15) is 0 Å². The summed E-state index contributed by atoms with van der Waals surface area (Å²) in [4.78, 5) is 35.8. The van der Waals surface area contributed by atoms with Crippen LogP contribution in [0.15, 0.2) is 29.4 Å². The van der Waals surface area contributed by atoms with Crippen LogP contribution in [-0.2, 0) is 16.1 Å². The van der Waals surface area contributed by atoms with Gasteiger partial charge in [0.15, 0.2) is 10.9 Å². The number of aromatic nitrogens is 3. The van der Waals surface area contributed by atoms with Crippen molar-refractivity contribution in [1.82, 2.24) is 14.8 Å². The van der Waals surface area contributed by atoms with Gasteiger partial charge in [-0.25, -0.2) is 0 Å². The second kappa shape index (κ2) is 9.88. The summed E-state index contributed by atoms with van der Waals surface area (Å²) in [6, 6.07) is 6.90. The largest absolute Gasteiger partial charge is 0.370 e. The molecule has 160 valence electrons. The van der Waals surface area contributed by atoms with Crippen LogP contribution >= 0.6 is 11.8 Å². The van der Waals surface area contributed by atoms with Crippen LogP contribution in [0.1, 0.15) is 68.1 Å². The van der Waals surface area contributed by atoms with Crippen LogP contribution in [-0.4, -0.2) is 37.6 Å². The van der Waals surface area contributed by atoms with Gasteiger partial charge in [0.25, 0.3) is 0 Å². The van der Waals surface area contributed by atoms with Gasteiger partial charge in [0.05, 0.1) is 5.25 Å². The molecule has 1 atom stereocenters. The number of anilines is 1. The minimum absolute atomic E-state index is 0.0381. The maximum Gasteiger partial charge on any atom is 0.224 e. The lowest BCUT2D eigenvalue weighted by Crippen LogP contribution is -2.18. The van der Waals surface area contributed by atoms with E-state index in [1.165, 1.54) is 11.8 Å². The summed E-state index contributed by atoms with van der Waals surface area (Å²) < 4.78 is 1.92. The first-order valence-electron chi connectivity index (χ1n) is 10.2. The SMILES string of the molecule is CCCC(=O)Nc1ccc(C(=O)C(C)Sc2nnc(C3CC3)n2CCC(N)=O)cc1. The first-order chi connectivity index (χ1) is 14.4. The van der Waals surface area contributed by atoms with E-state index in [0.717, 1.165) is 25.1 Å². The smallest absolute Gasteiger partial charge is 0.224 e. The minimum Gasteiger partial charge on any atom is -0.370 e. The summed E-state index contributed by atoms with van der Waals surface area (Å²) in [5, 5.41) is 11.6. The second-order valence-corrected chi connectivity index (χ2v) is 8.79. The zero-order valence-corrected chi connectivity index (χ0v) is 18.1. The first kappa shape index (κ1) is 22.0. The number of primary amides is 1. The van der Waals surface area contributed by atoms with E-state index in [9.17, 15) is 14.4 Å². The molecule has 0 saturated heterocycles. The van der Waals surface area contributed by atoms with E-state index in [1.807, 2.05) is 18.4 Å². The number of nitrogens with two attached hydrogens (primary N) is 1. The van der Waals surface area contributed by atoms with Gasteiger partial charge in [-0.15, -0.1) is 10.2 Å². The van der Waals surface area contributed by atoms with Gasteiger partial charge in [0.1, 0.15) is 5.82 Å². The number of hydrogen-bond acceptors (Lipinski definition) is 6. The highest BCUT2D eigenvalue weighted by Gasteiger charge is 2.31. The van der Waals surface area contributed by atoms with E-state index in [2.05, 4.69) is 15.5 Å². The Morgan fingerprint density at radius 1 is 1.20 bits per heavy atom. The summed E-state index contributed by atoms with van der Waals surface area (Å²) in [7, 11) is 0. The zero-order valence-electron chi connectivity index (χ0n) is 17.3. The molecule has 0 bridgehead atoms. The maximum absolute atomic E-state index is 12.9. The van der Waals surface area contributed by atoms with Gasteiger partial charge < -0.3 is 15.6 Å². The number of amides is 2. The Bertz CT molecular complexity index is 921. The highest BCUT2D eigenvalue weighted by Crippen LogP contribution is 2.40. The predicted octanol–water partition coefficient (Wildman–Crippen LogP) is 3.13. The predicted molar refractivity (Wildman–Crippen MR) is 115 cm³/mol. The minimum atomic E-state index is -0.380. The number of benzene rings is 1. The normalized spacial score (nSPS) is 14.3. The van der Waals surface area contributed by atoms with Crippen LogP contribution in [0.2, 0.25) is 0 Å². The number of hydrogen-bond donors (Lipinski definition) is 2. The van der Waals surface area contributed by atoms with E-state index < -0.39 is 0 Å². The van der Waals surface area contributed by atoms with Gasteiger partial charge >= 0.3 is 0 Å². The van der Waals surface area contributed by atoms with Crippen molar-refractivity contribution in [3.8, 4) is 0 Å². The molecule has 1 aromatic heterocycles. The third-order valence-electron chi connectivity index (χ3n) is 4.85. The summed E-state index contributed by atoms with van der Waals surface area (Å²) >= 11 is 1.33. The Balaban J connectivity index is 1.67. The van der Waals surface area contributed by atoms with E-state index in [4.69, 9.17) is 5.73 Å². The average Bonchev–Trinajstić information content (AvgIpc) is 3.48. The molecule has 2 aromatic rings. The van der Waals surface area contributed by atoms with Crippen molar-refractivity contribution in [3.05, 3.63) is 35.7 Å². The second-order valence-electron chi connectivity index (χ2n) is 7.48. The highest BCUT2D eigenvalue weighted by atomic mass is 32.2. The van der Waals surface area contributed by atoms with Crippen molar-refractivity contribution in [2.75, 3.05) is 5.32 Å². The molecule has 1 aliphatic rings. The van der Waals surface area contributed by atoms with Crippen LogP contribution in [0.5, 0.6) is 0 Å². The molecule has 3 rings (SSSR count). The van der Waals surface area contributed by atoms with E-state index in [1.54, 1.807) is 24.3 Å². The number of ketones is 1. The van der Waals surface area contributed by atoms with Gasteiger partial charge in [0, 0.05) is 36.6 Å². The number of nitrogens with zero attached hydrogens (tertiary/aromatic N) is 3. The van der Waals surface area contributed by atoms with Crippen LogP contribution < -0.4 is 11.1 Å². The fourth-order valence-electron chi connectivity index (χ4n) is 3.08. The third-order valence-corrected chi connectivity index (χ3v) is 5.93. The molecule has 1 unspecified atom stereocenters. The molecule has 0 radical (unpaired) electrons. The lowest BCUT2D eigenvalue weighted by atomic mass is 10.1. The van der Waals surface area contributed by atoms with Crippen molar-refractivity contribution in [3.63, 3.8) is 0 Å². The van der Waals surface area contributed by atoms with Crippen molar-refractivity contribution in [2.45, 2.75) is 68.8 Å². The Kier molecular flexibility index (Phi) is 7.25. The lowest BCUT2D eigenvalue weighted by molar-refractivity contribution is -0.118. The summed E-state index contributed by atoms with van der Waals surface area (Å²) in [6.45, 7) is 4.19. The number of carbonyl (C=O) groups excluding carboxylic acids is 3. The van der Waals surface area contributed by atoms with Gasteiger partial charge in [-0.3, -0.25) is 14.4 Å². The van der Waals surface area contributed by atoms with E-state index >= 15 is 0 Å². The number of rotatable bonds is 11. The molecule has 1 fully saturated rings. The molecular weight excluding hydrogens is 402 g/mol. The molecule has 2 amide bonds. The maximum atomic E-state index is 12.9. The molecule has 0 spiro atoms.